The summed E-state index contributed by atoms with van der Waals surface area (Å²) < 4.78 is 2.02. The van der Waals surface area contributed by atoms with Crippen LogP contribution in [0.4, 0.5) is 0 Å². The van der Waals surface area contributed by atoms with E-state index in [9.17, 15) is 0 Å². The summed E-state index contributed by atoms with van der Waals surface area (Å²) in [5.74, 6) is 6.13. The van der Waals surface area contributed by atoms with Crippen molar-refractivity contribution >= 4 is 0 Å². The number of nitrogens with two attached hydrogens (primary N) is 1. The standard InChI is InChI=1S/C11H22N4/c1-5-8(3)11(13-12)10-7-9(4)14-15(10)6-2/h7-8,11,13H,5-6,12H2,1-4H3. The van der Waals surface area contributed by atoms with Gasteiger partial charge in [0.15, 0.2) is 0 Å². The van der Waals surface area contributed by atoms with E-state index in [-0.39, 0.29) is 6.04 Å². The van der Waals surface area contributed by atoms with Crippen molar-refractivity contribution in [3.63, 3.8) is 0 Å². The Balaban J connectivity index is 2.99. The first kappa shape index (κ1) is 12.2. The number of nitrogens with one attached hydrogen (secondary N) is 1. The number of hydrogen-bond donors (Lipinski definition) is 2. The van der Waals surface area contributed by atoms with Gasteiger partial charge in [0.05, 0.1) is 17.4 Å². The molecule has 0 aromatic carbocycles. The lowest BCUT2D eigenvalue weighted by Gasteiger charge is -2.22. The van der Waals surface area contributed by atoms with E-state index in [0.717, 1.165) is 18.7 Å². The van der Waals surface area contributed by atoms with Crippen LogP contribution in [0.2, 0.25) is 0 Å². The molecule has 0 bridgehead atoms. The number of hydrazine groups is 1. The quantitative estimate of drug-likeness (QED) is 0.575. The van der Waals surface area contributed by atoms with E-state index in [1.165, 1.54) is 5.69 Å². The van der Waals surface area contributed by atoms with Crippen molar-refractivity contribution in [2.45, 2.75) is 46.7 Å². The molecule has 0 saturated carbocycles. The van der Waals surface area contributed by atoms with E-state index in [2.05, 4.69) is 37.4 Å². The van der Waals surface area contributed by atoms with Crippen LogP contribution in [-0.4, -0.2) is 9.78 Å². The molecule has 0 amide bonds. The molecule has 0 saturated heterocycles. The van der Waals surface area contributed by atoms with Crippen molar-refractivity contribution in [2.24, 2.45) is 11.8 Å². The molecule has 0 aliphatic heterocycles. The fourth-order valence-electron chi connectivity index (χ4n) is 1.85. The van der Waals surface area contributed by atoms with Gasteiger partial charge in [0, 0.05) is 6.54 Å². The van der Waals surface area contributed by atoms with Crippen LogP contribution in [-0.2, 0) is 6.54 Å². The molecule has 1 aromatic heterocycles. The monoisotopic (exact) mass is 210 g/mol. The first-order chi connectivity index (χ1) is 7.13. The second kappa shape index (κ2) is 5.28. The van der Waals surface area contributed by atoms with Crippen LogP contribution in [0.3, 0.4) is 0 Å². The molecule has 2 unspecified atom stereocenters. The molecule has 0 aliphatic rings. The van der Waals surface area contributed by atoms with Crippen molar-refractivity contribution in [3.8, 4) is 0 Å². The van der Waals surface area contributed by atoms with Gasteiger partial charge in [-0.3, -0.25) is 16.0 Å². The van der Waals surface area contributed by atoms with Crippen molar-refractivity contribution in [1.29, 1.82) is 0 Å². The maximum atomic E-state index is 5.62. The highest BCUT2D eigenvalue weighted by atomic mass is 15.3. The molecule has 0 radical (unpaired) electrons. The molecule has 0 fully saturated rings. The summed E-state index contributed by atoms with van der Waals surface area (Å²) in [5.41, 5.74) is 5.13. The first-order valence-corrected chi connectivity index (χ1v) is 5.64. The summed E-state index contributed by atoms with van der Waals surface area (Å²) in [5, 5.41) is 4.44. The van der Waals surface area contributed by atoms with Gasteiger partial charge < -0.3 is 0 Å². The molecule has 15 heavy (non-hydrogen) atoms. The van der Waals surface area contributed by atoms with Gasteiger partial charge in [-0.2, -0.15) is 5.10 Å². The maximum Gasteiger partial charge on any atom is 0.0654 e. The number of nitrogens with zero attached hydrogens (tertiary/aromatic N) is 2. The summed E-state index contributed by atoms with van der Waals surface area (Å²) >= 11 is 0. The zero-order valence-corrected chi connectivity index (χ0v) is 10.1. The summed E-state index contributed by atoms with van der Waals surface area (Å²) in [6.07, 6.45) is 1.10. The second-order valence-electron chi connectivity index (χ2n) is 4.06. The van der Waals surface area contributed by atoms with Gasteiger partial charge in [0.25, 0.3) is 0 Å². The molecular formula is C11H22N4. The highest BCUT2D eigenvalue weighted by Gasteiger charge is 2.20. The Morgan fingerprint density at radius 3 is 2.67 bits per heavy atom. The second-order valence-corrected chi connectivity index (χ2v) is 4.06. The summed E-state index contributed by atoms with van der Waals surface area (Å²) in [4.78, 5) is 0. The van der Waals surface area contributed by atoms with Crippen molar-refractivity contribution < 1.29 is 0 Å². The van der Waals surface area contributed by atoms with Crippen LogP contribution in [0.1, 0.15) is 44.6 Å². The Hall–Kier alpha value is -0.870. The Labute approximate surface area is 91.8 Å². The van der Waals surface area contributed by atoms with E-state index in [1.54, 1.807) is 0 Å². The average molecular weight is 210 g/mol. The van der Waals surface area contributed by atoms with E-state index in [4.69, 9.17) is 5.84 Å². The zero-order chi connectivity index (χ0) is 11.4. The Morgan fingerprint density at radius 2 is 2.20 bits per heavy atom. The highest BCUT2D eigenvalue weighted by Crippen LogP contribution is 2.24. The normalized spacial score (nSPS) is 15.3. The predicted octanol–water partition coefficient (Wildman–Crippen LogP) is 1.76. The topological polar surface area (TPSA) is 55.9 Å². The molecule has 1 rings (SSSR count). The minimum Gasteiger partial charge on any atom is -0.271 e. The van der Waals surface area contributed by atoms with Gasteiger partial charge in [-0.1, -0.05) is 20.3 Å². The van der Waals surface area contributed by atoms with E-state index < -0.39 is 0 Å². The largest absolute Gasteiger partial charge is 0.271 e. The van der Waals surface area contributed by atoms with Gasteiger partial charge in [-0.05, 0) is 25.8 Å². The summed E-state index contributed by atoms with van der Waals surface area (Å²) in [6.45, 7) is 9.37. The minimum absolute atomic E-state index is 0.191. The molecular weight excluding hydrogens is 188 g/mol. The number of rotatable bonds is 5. The first-order valence-electron chi connectivity index (χ1n) is 5.64. The maximum absolute atomic E-state index is 5.62. The van der Waals surface area contributed by atoms with Crippen LogP contribution >= 0.6 is 0 Å². The van der Waals surface area contributed by atoms with E-state index in [1.807, 2.05) is 11.6 Å². The van der Waals surface area contributed by atoms with Gasteiger partial charge in [0.2, 0.25) is 0 Å². The van der Waals surface area contributed by atoms with Gasteiger partial charge in [0.1, 0.15) is 0 Å². The number of hydrogen-bond acceptors (Lipinski definition) is 3. The van der Waals surface area contributed by atoms with Crippen molar-refractivity contribution in [1.82, 2.24) is 15.2 Å². The number of aromatic nitrogens is 2. The van der Waals surface area contributed by atoms with Gasteiger partial charge in [-0.15, -0.1) is 0 Å². The molecule has 3 N–H and O–H groups in total. The van der Waals surface area contributed by atoms with Crippen LogP contribution in [0.15, 0.2) is 6.07 Å². The molecule has 0 spiro atoms. The van der Waals surface area contributed by atoms with Crippen LogP contribution in [0, 0.1) is 12.8 Å². The Morgan fingerprint density at radius 1 is 1.53 bits per heavy atom. The lowest BCUT2D eigenvalue weighted by Crippen LogP contribution is -2.34. The van der Waals surface area contributed by atoms with Crippen LogP contribution < -0.4 is 11.3 Å². The van der Waals surface area contributed by atoms with E-state index >= 15 is 0 Å². The SMILES string of the molecule is CCC(C)C(NN)c1cc(C)nn1CC. The average Bonchev–Trinajstić information content (AvgIpc) is 2.60. The fraction of sp³-hybridized carbons (Fsp3) is 0.727. The van der Waals surface area contributed by atoms with Crippen molar-refractivity contribution in [2.75, 3.05) is 0 Å². The molecule has 4 nitrogen and oxygen atoms in total. The lowest BCUT2D eigenvalue weighted by molar-refractivity contribution is 0.359. The molecule has 2 atom stereocenters. The summed E-state index contributed by atoms with van der Waals surface area (Å²) in [6, 6.07) is 2.30. The Bertz CT molecular complexity index is 306. The third kappa shape index (κ3) is 2.58. The third-order valence-electron chi connectivity index (χ3n) is 2.94. The smallest absolute Gasteiger partial charge is 0.0654 e. The van der Waals surface area contributed by atoms with E-state index in [0.29, 0.717) is 5.92 Å². The van der Waals surface area contributed by atoms with Crippen molar-refractivity contribution in [3.05, 3.63) is 17.5 Å². The number of aryl methyl sites for hydroxylation is 2. The lowest BCUT2D eigenvalue weighted by atomic mass is 9.96. The minimum atomic E-state index is 0.191. The molecule has 86 valence electrons. The zero-order valence-electron chi connectivity index (χ0n) is 10.1. The Kier molecular flexibility index (Phi) is 4.29. The molecule has 4 heteroatoms. The highest BCUT2D eigenvalue weighted by molar-refractivity contribution is 5.14. The van der Waals surface area contributed by atoms with Gasteiger partial charge >= 0.3 is 0 Å². The van der Waals surface area contributed by atoms with Crippen LogP contribution in [0.5, 0.6) is 0 Å². The fourth-order valence-corrected chi connectivity index (χ4v) is 1.85. The third-order valence-corrected chi connectivity index (χ3v) is 2.94. The molecule has 0 aliphatic carbocycles. The van der Waals surface area contributed by atoms with Gasteiger partial charge in [-0.25, -0.2) is 0 Å². The molecule has 1 heterocycles. The summed E-state index contributed by atoms with van der Waals surface area (Å²) in [7, 11) is 0. The molecule has 1 aromatic rings. The predicted molar refractivity (Wildman–Crippen MR) is 62.2 cm³/mol. The van der Waals surface area contributed by atoms with Crippen LogP contribution in [0.25, 0.3) is 0 Å².